The molecule has 0 atom stereocenters. The van der Waals surface area contributed by atoms with E-state index in [4.69, 9.17) is 5.73 Å². The summed E-state index contributed by atoms with van der Waals surface area (Å²) >= 11 is 0. The standard InChI is InChI=1S/C25H18F3N5/c26-20-6-1-13(8-21(20)27)7-15-9-14-2-5-17(23(28)18(14)10-30-15)19-11-33(16-3-4-16)25-22(19)24(29)31-12-32-25/h1-2,5-6,8-12,16H,3-4,7H2,(H2,29,31,32). The van der Waals surface area contributed by atoms with Crippen LogP contribution in [-0.2, 0) is 6.42 Å². The highest BCUT2D eigenvalue weighted by molar-refractivity contribution is 6.02. The number of halogens is 3. The van der Waals surface area contributed by atoms with Crippen molar-refractivity contribution >= 4 is 27.6 Å². The van der Waals surface area contributed by atoms with Crippen molar-refractivity contribution in [2.75, 3.05) is 5.73 Å². The van der Waals surface area contributed by atoms with Crippen molar-refractivity contribution < 1.29 is 13.2 Å². The molecule has 0 unspecified atom stereocenters. The summed E-state index contributed by atoms with van der Waals surface area (Å²) in [5.41, 5.74) is 9.13. The number of aromatic nitrogens is 4. The van der Waals surface area contributed by atoms with Gasteiger partial charge in [0.2, 0.25) is 0 Å². The molecule has 164 valence electrons. The lowest BCUT2D eigenvalue weighted by atomic mass is 10.00. The summed E-state index contributed by atoms with van der Waals surface area (Å²) in [6.45, 7) is 0. The van der Waals surface area contributed by atoms with Crippen molar-refractivity contribution in [2.24, 2.45) is 0 Å². The molecule has 0 saturated heterocycles. The van der Waals surface area contributed by atoms with Crippen LogP contribution in [0.1, 0.15) is 30.1 Å². The smallest absolute Gasteiger partial charge is 0.159 e. The van der Waals surface area contributed by atoms with E-state index in [0.717, 1.165) is 25.0 Å². The van der Waals surface area contributed by atoms with Crippen LogP contribution >= 0.6 is 0 Å². The lowest BCUT2D eigenvalue weighted by Crippen LogP contribution is -1.97. The Morgan fingerprint density at radius 1 is 0.939 bits per heavy atom. The van der Waals surface area contributed by atoms with Gasteiger partial charge in [0.25, 0.3) is 0 Å². The van der Waals surface area contributed by atoms with Crippen LogP contribution in [0.4, 0.5) is 19.0 Å². The minimum absolute atomic E-state index is 0.305. The lowest BCUT2D eigenvalue weighted by molar-refractivity contribution is 0.507. The van der Waals surface area contributed by atoms with Crippen LogP contribution in [0.3, 0.4) is 0 Å². The Labute approximate surface area is 186 Å². The Morgan fingerprint density at radius 2 is 1.79 bits per heavy atom. The van der Waals surface area contributed by atoms with Crippen LogP contribution in [0.2, 0.25) is 0 Å². The second kappa shape index (κ2) is 7.30. The maximum absolute atomic E-state index is 15.7. The van der Waals surface area contributed by atoms with Crippen LogP contribution < -0.4 is 5.73 Å². The van der Waals surface area contributed by atoms with E-state index in [2.05, 4.69) is 19.5 Å². The zero-order valence-electron chi connectivity index (χ0n) is 17.4. The van der Waals surface area contributed by atoms with Crippen LogP contribution in [0.25, 0.3) is 32.9 Å². The number of fused-ring (bicyclic) bond motifs is 2. The van der Waals surface area contributed by atoms with Gasteiger partial charge in [0, 0.05) is 47.1 Å². The highest BCUT2D eigenvalue weighted by atomic mass is 19.2. The minimum atomic E-state index is -0.905. The lowest BCUT2D eigenvalue weighted by Gasteiger charge is -2.08. The molecule has 0 aliphatic heterocycles. The summed E-state index contributed by atoms with van der Waals surface area (Å²) in [6.07, 6.45) is 7.22. The van der Waals surface area contributed by atoms with Crippen molar-refractivity contribution in [3.63, 3.8) is 0 Å². The Morgan fingerprint density at radius 3 is 2.58 bits per heavy atom. The van der Waals surface area contributed by atoms with Gasteiger partial charge < -0.3 is 10.3 Å². The number of nitrogens with two attached hydrogens (primary N) is 1. The molecule has 2 N–H and O–H groups in total. The Hall–Kier alpha value is -3.94. The van der Waals surface area contributed by atoms with E-state index in [1.54, 1.807) is 12.1 Å². The Bertz CT molecular complexity index is 1560. The van der Waals surface area contributed by atoms with Crippen molar-refractivity contribution in [1.29, 1.82) is 0 Å². The van der Waals surface area contributed by atoms with E-state index in [1.165, 1.54) is 18.6 Å². The van der Waals surface area contributed by atoms with Gasteiger partial charge in [0.1, 0.15) is 23.6 Å². The van der Waals surface area contributed by atoms with Gasteiger partial charge in [-0.05, 0) is 42.0 Å². The number of hydrogen-bond acceptors (Lipinski definition) is 4. The molecule has 2 aromatic carbocycles. The fraction of sp³-hybridized carbons (Fsp3) is 0.160. The van der Waals surface area contributed by atoms with Gasteiger partial charge in [0.15, 0.2) is 11.6 Å². The quantitative estimate of drug-likeness (QED) is 0.393. The molecule has 1 fully saturated rings. The second-order valence-electron chi connectivity index (χ2n) is 8.39. The molecule has 1 aliphatic rings. The molecule has 8 heteroatoms. The molecule has 5 aromatic rings. The first-order valence-corrected chi connectivity index (χ1v) is 10.6. The summed E-state index contributed by atoms with van der Waals surface area (Å²) in [4.78, 5) is 12.9. The highest BCUT2D eigenvalue weighted by Gasteiger charge is 2.28. The van der Waals surface area contributed by atoms with E-state index in [1.807, 2.05) is 12.3 Å². The normalized spacial score (nSPS) is 13.8. The van der Waals surface area contributed by atoms with Crippen molar-refractivity contribution in [3.8, 4) is 11.1 Å². The molecule has 6 rings (SSSR count). The Kier molecular flexibility index (Phi) is 4.36. The molecule has 0 amide bonds. The SMILES string of the molecule is Nc1ncnc2c1c(-c1ccc3cc(Cc4ccc(F)c(F)c4)ncc3c1F)cn2C1CC1. The van der Waals surface area contributed by atoms with Gasteiger partial charge >= 0.3 is 0 Å². The van der Waals surface area contributed by atoms with Gasteiger partial charge in [-0.25, -0.2) is 23.1 Å². The number of anilines is 1. The van der Waals surface area contributed by atoms with Crippen molar-refractivity contribution in [3.05, 3.63) is 83.8 Å². The zero-order valence-corrected chi connectivity index (χ0v) is 17.4. The largest absolute Gasteiger partial charge is 0.383 e. The molecule has 0 bridgehead atoms. The predicted octanol–water partition coefficient (Wildman–Crippen LogP) is 5.57. The molecule has 33 heavy (non-hydrogen) atoms. The average Bonchev–Trinajstić information content (AvgIpc) is 3.57. The first-order valence-electron chi connectivity index (χ1n) is 10.6. The fourth-order valence-corrected chi connectivity index (χ4v) is 4.34. The molecule has 0 spiro atoms. The second-order valence-corrected chi connectivity index (χ2v) is 8.39. The monoisotopic (exact) mass is 445 g/mol. The van der Waals surface area contributed by atoms with Crippen LogP contribution in [0, 0.1) is 17.5 Å². The summed E-state index contributed by atoms with van der Waals surface area (Å²) in [5.74, 6) is -1.89. The van der Waals surface area contributed by atoms with Crippen molar-refractivity contribution in [1.82, 2.24) is 19.5 Å². The molecule has 0 radical (unpaired) electrons. The molecular formula is C25H18F3N5. The molecular weight excluding hydrogens is 427 g/mol. The van der Waals surface area contributed by atoms with Crippen molar-refractivity contribution in [2.45, 2.75) is 25.3 Å². The first kappa shape index (κ1) is 19.7. The van der Waals surface area contributed by atoms with Gasteiger partial charge in [-0.2, -0.15) is 0 Å². The third-order valence-electron chi connectivity index (χ3n) is 6.13. The maximum atomic E-state index is 15.7. The number of nitrogen functional groups attached to an aromatic ring is 1. The zero-order chi connectivity index (χ0) is 22.7. The van der Waals surface area contributed by atoms with E-state index in [9.17, 15) is 8.78 Å². The first-order chi connectivity index (χ1) is 16.0. The summed E-state index contributed by atoms with van der Waals surface area (Å²) in [7, 11) is 0. The number of hydrogen-bond donors (Lipinski definition) is 1. The summed E-state index contributed by atoms with van der Waals surface area (Å²) in [5, 5.41) is 1.67. The van der Waals surface area contributed by atoms with Gasteiger partial charge in [-0.1, -0.05) is 18.2 Å². The van der Waals surface area contributed by atoms with E-state index in [-0.39, 0.29) is 0 Å². The Balaban J connectivity index is 1.43. The summed E-state index contributed by atoms with van der Waals surface area (Å²) in [6, 6.07) is 9.39. The minimum Gasteiger partial charge on any atom is -0.383 e. The van der Waals surface area contributed by atoms with E-state index in [0.29, 0.717) is 62.5 Å². The molecule has 3 aromatic heterocycles. The number of nitrogens with zero attached hydrogens (tertiary/aromatic N) is 4. The van der Waals surface area contributed by atoms with Gasteiger partial charge in [-0.15, -0.1) is 0 Å². The predicted molar refractivity (Wildman–Crippen MR) is 120 cm³/mol. The molecule has 3 heterocycles. The van der Waals surface area contributed by atoms with E-state index < -0.39 is 17.5 Å². The maximum Gasteiger partial charge on any atom is 0.159 e. The van der Waals surface area contributed by atoms with E-state index >= 15 is 4.39 Å². The number of benzene rings is 2. The fourth-order valence-electron chi connectivity index (χ4n) is 4.34. The average molecular weight is 445 g/mol. The topological polar surface area (TPSA) is 69.6 Å². The molecule has 1 saturated carbocycles. The van der Waals surface area contributed by atoms with Crippen LogP contribution in [-0.4, -0.2) is 19.5 Å². The number of pyridine rings is 1. The number of rotatable bonds is 4. The van der Waals surface area contributed by atoms with Gasteiger partial charge in [-0.3, -0.25) is 4.98 Å². The molecule has 5 nitrogen and oxygen atoms in total. The third kappa shape index (κ3) is 3.29. The third-order valence-corrected chi connectivity index (χ3v) is 6.13. The van der Waals surface area contributed by atoms with Crippen LogP contribution in [0.5, 0.6) is 0 Å². The van der Waals surface area contributed by atoms with Crippen LogP contribution in [0.15, 0.2) is 55.1 Å². The molecule has 1 aliphatic carbocycles. The summed E-state index contributed by atoms with van der Waals surface area (Å²) < 4.78 is 44.4. The van der Waals surface area contributed by atoms with Gasteiger partial charge in [0.05, 0.1) is 5.39 Å². The highest BCUT2D eigenvalue weighted by Crippen LogP contribution is 2.43.